The Bertz CT molecular complexity index is 987. The lowest BCUT2D eigenvalue weighted by Crippen LogP contribution is -2.12. The summed E-state index contributed by atoms with van der Waals surface area (Å²) < 4.78 is 35.1. The number of aryl methyl sites for hydroxylation is 3. The van der Waals surface area contributed by atoms with Gasteiger partial charge in [-0.25, -0.2) is 17.9 Å². The van der Waals surface area contributed by atoms with Crippen molar-refractivity contribution in [3.05, 3.63) is 39.5 Å². The van der Waals surface area contributed by atoms with Crippen LogP contribution in [0.3, 0.4) is 0 Å². The van der Waals surface area contributed by atoms with Crippen molar-refractivity contribution in [2.45, 2.75) is 39.8 Å². The summed E-state index contributed by atoms with van der Waals surface area (Å²) in [5, 5.41) is 8.46. The van der Waals surface area contributed by atoms with E-state index in [2.05, 4.69) is 10.3 Å². The summed E-state index contributed by atoms with van der Waals surface area (Å²) in [6.45, 7) is 5.34. The van der Waals surface area contributed by atoms with Crippen LogP contribution in [0, 0.1) is 20.8 Å². The third kappa shape index (κ3) is 4.24. The lowest BCUT2D eigenvalue weighted by atomic mass is 10.2. The Balaban J connectivity index is 1.69. The molecular weight excluding hydrogens is 394 g/mol. The Kier molecular flexibility index (Phi) is 5.43. The molecule has 1 aliphatic heterocycles. The molecule has 0 radical (unpaired) electrons. The van der Waals surface area contributed by atoms with Gasteiger partial charge in [-0.2, -0.15) is 5.10 Å². The van der Waals surface area contributed by atoms with Crippen LogP contribution in [0.5, 0.6) is 0 Å². The Morgan fingerprint density at radius 2 is 2.11 bits per heavy atom. The predicted octanol–water partition coefficient (Wildman–Crippen LogP) is 2.57. The van der Waals surface area contributed by atoms with Crippen LogP contribution in [0.25, 0.3) is 6.08 Å². The second kappa shape index (κ2) is 7.47. The van der Waals surface area contributed by atoms with Crippen molar-refractivity contribution in [1.82, 2.24) is 14.9 Å². The molecule has 0 bridgehead atoms. The van der Waals surface area contributed by atoms with E-state index in [0.29, 0.717) is 34.3 Å². The van der Waals surface area contributed by atoms with E-state index in [-0.39, 0.29) is 24.2 Å². The van der Waals surface area contributed by atoms with Crippen molar-refractivity contribution in [3.8, 4) is 0 Å². The molecule has 0 aromatic carbocycles. The van der Waals surface area contributed by atoms with Gasteiger partial charge in [-0.15, -0.1) is 0 Å². The molecule has 3 heterocycles. The quantitative estimate of drug-likeness (QED) is 0.547. The maximum absolute atomic E-state index is 12.0. The summed E-state index contributed by atoms with van der Waals surface area (Å²) in [5.74, 6) is 0.223. The molecule has 1 atom stereocenters. The second-order valence-corrected chi connectivity index (χ2v) is 9.12. The van der Waals surface area contributed by atoms with Crippen molar-refractivity contribution >= 4 is 33.5 Å². The van der Waals surface area contributed by atoms with Crippen LogP contribution in [-0.2, 0) is 26.0 Å². The summed E-state index contributed by atoms with van der Waals surface area (Å²) in [5.41, 5.74) is 2.59. The molecule has 10 heteroatoms. The number of halogens is 1. The van der Waals surface area contributed by atoms with Gasteiger partial charge in [-0.05, 0) is 33.3 Å². The van der Waals surface area contributed by atoms with Gasteiger partial charge < -0.3 is 9.26 Å². The molecule has 3 rings (SSSR count). The highest BCUT2D eigenvalue weighted by molar-refractivity contribution is 7.91. The normalized spacial score (nSPS) is 19.0. The van der Waals surface area contributed by atoms with Crippen LogP contribution in [-0.4, -0.2) is 40.8 Å². The zero-order chi connectivity index (χ0) is 19.8. The van der Waals surface area contributed by atoms with Gasteiger partial charge in [-0.1, -0.05) is 16.8 Å². The average Bonchev–Trinajstić information content (AvgIpc) is 3.21. The molecule has 8 nitrogen and oxygen atoms in total. The lowest BCUT2D eigenvalue weighted by Gasteiger charge is -2.09. The van der Waals surface area contributed by atoms with Crippen molar-refractivity contribution < 1.29 is 22.5 Å². The maximum atomic E-state index is 12.0. The van der Waals surface area contributed by atoms with Crippen molar-refractivity contribution in [2.24, 2.45) is 0 Å². The molecule has 2 aromatic heterocycles. The number of hydrogen-bond acceptors (Lipinski definition) is 7. The zero-order valence-corrected chi connectivity index (χ0v) is 16.8. The van der Waals surface area contributed by atoms with Gasteiger partial charge in [0, 0.05) is 11.6 Å². The Morgan fingerprint density at radius 3 is 2.70 bits per heavy atom. The molecule has 0 saturated carbocycles. The first-order valence-electron chi connectivity index (χ1n) is 8.39. The molecular formula is C17H20ClN3O5S. The van der Waals surface area contributed by atoms with E-state index < -0.39 is 15.8 Å². The highest BCUT2D eigenvalue weighted by Gasteiger charge is 2.31. The second-order valence-electron chi connectivity index (χ2n) is 6.54. The minimum absolute atomic E-state index is 0.0243. The van der Waals surface area contributed by atoms with Gasteiger partial charge in [0.2, 0.25) is 0 Å². The number of carbonyl (C=O) groups is 1. The first-order valence-corrected chi connectivity index (χ1v) is 10.6. The number of nitrogens with zero attached hydrogens (tertiary/aromatic N) is 3. The first-order chi connectivity index (χ1) is 12.7. The van der Waals surface area contributed by atoms with E-state index in [4.69, 9.17) is 20.9 Å². The minimum Gasteiger partial charge on any atom is -0.457 e. The van der Waals surface area contributed by atoms with Crippen molar-refractivity contribution in [2.75, 3.05) is 11.5 Å². The van der Waals surface area contributed by atoms with Crippen LogP contribution in [0.1, 0.15) is 40.7 Å². The largest absolute Gasteiger partial charge is 0.457 e. The zero-order valence-electron chi connectivity index (χ0n) is 15.2. The van der Waals surface area contributed by atoms with Gasteiger partial charge in [0.25, 0.3) is 0 Å². The molecule has 1 saturated heterocycles. The van der Waals surface area contributed by atoms with E-state index in [1.165, 1.54) is 16.8 Å². The van der Waals surface area contributed by atoms with Gasteiger partial charge in [0.15, 0.2) is 9.84 Å². The predicted molar refractivity (Wildman–Crippen MR) is 99.1 cm³/mol. The SMILES string of the molecule is Cc1nn([C@@H]2CCS(=O)(=O)C2)c(Cl)c1/C=C/C(=O)OCc1c(C)noc1C. The monoisotopic (exact) mass is 413 g/mol. The number of aromatic nitrogens is 3. The highest BCUT2D eigenvalue weighted by Crippen LogP contribution is 2.30. The number of ether oxygens (including phenoxy) is 1. The molecule has 0 spiro atoms. The van der Waals surface area contributed by atoms with Crippen LogP contribution < -0.4 is 0 Å². The molecule has 27 heavy (non-hydrogen) atoms. The van der Waals surface area contributed by atoms with Crippen LogP contribution >= 0.6 is 11.6 Å². The maximum Gasteiger partial charge on any atom is 0.331 e. The van der Waals surface area contributed by atoms with E-state index >= 15 is 0 Å². The fraction of sp³-hybridized carbons (Fsp3) is 0.471. The lowest BCUT2D eigenvalue weighted by molar-refractivity contribution is -0.138. The molecule has 1 aliphatic rings. The van der Waals surface area contributed by atoms with E-state index in [1.54, 1.807) is 20.8 Å². The van der Waals surface area contributed by atoms with Gasteiger partial charge in [-0.3, -0.25) is 0 Å². The Morgan fingerprint density at radius 1 is 1.37 bits per heavy atom. The summed E-state index contributed by atoms with van der Waals surface area (Å²) in [6.07, 6.45) is 3.27. The molecule has 0 amide bonds. The van der Waals surface area contributed by atoms with E-state index in [0.717, 1.165) is 5.56 Å². The fourth-order valence-corrected chi connectivity index (χ4v) is 5.05. The van der Waals surface area contributed by atoms with Gasteiger partial charge in [0.1, 0.15) is 17.5 Å². The number of hydrogen-bond donors (Lipinski definition) is 0. The molecule has 0 aliphatic carbocycles. The van der Waals surface area contributed by atoms with E-state index in [1.807, 2.05) is 0 Å². The third-order valence-corrected chi connectivity index (χ3v) is 6.68. The van der Waals surface area contributed by atoms with Crippen LogP contribution in [0.4, 0.5) is 0 Å². The smallest absolute Gasteiger partial charge is 0.331 e. The fourth-order valence-electron chi connectivity index (χ4n) is 2.98. The number of esters is 1. The average molecular weight is 414 g/mol. The summed E-state index contributed by atoms with van der Waals surface area (Å²) in [4.78, 5) is 12.0. The van der Waals surface area contributed by atoms with Crippen LogP contribution in [0.15, 0.2) is 10.6 Å². The Hall–Kier alpha value is -2.13. The van der Waals surface area contributed by atoms with Crippen molar-refractivity contribution in [1.29, 1.82) is 0 Å². The van der Waals surface area contributed by atoms with Crippen molar-refractivity contribution in [3.63, 3.8) is 0 Å². The summed E-state index contributed by atoms with van der Waals surface area (Å²) in [6, 6.07) is -0.283. The van der Waals surface area contributed by atoms with Crippen LogP contribution in [0.2, 0.25) is 5.15 Å². The highest BCUT2D eigenvalue weighted by atomic mass is 35.5. The van der Waals surface area contributed by atoms with Gasteiger partial charge in [0.05, 0.1) is 34.5 Å². The molecule has 2 aromatic rings. The topological polar surface area (TPSA) is 104 Å². The first kappa shape index (κ1) is 19.6. The third-order valence-electron chi connectivity index (χ3n) is 4.55. The minimum atomic E-state index is -3.05. The molecule has 1 fully saturated rings. The standard InChI is InChI=1S/C17H20ClN3O5S/c1-10-14(17(18)21(19-10)13-6-7-27(23,24)9-13)4-5-16(22)25-8-15-11(2)20-26-12(15)3/h4-5,13H,6-9H2,1-3H3/b5-4+/t13-/m1/s1. The van der Waals surface area contributed by atoms with Gasteiger partial charge >= 0.3 is 5.97 Å². The number of rotatable bonds is 5. The summed E-state index contributed by atoms with van der Waals surface area (Å²) >= 11 is 6.37. The summed E-state index contributed by atoms with van der Waals surface area (Å²) in [7, 11) is -3.05. The molecule has 146 valence electrons. The Labute approximate surface area is 162 Å². The van der Waals surface area contributed by atoms with E-state index in [9.17, 15) is 13.2 Å². The molecule has 0 N–H and O–H groups in total. The number of carbonyl (C=O) groups excluding carboxylic acids is 1. The molecule has 0 unspecified atom stereocenters. The number of sulfone groups is 1.